The molecule has 0 heterocycles. The summed E-state index contributed by atoms with van der Waals surface area (Å²) in [5.74, 6) is 1.65. The quantitative estimate of drug-likeness (QED) is 0.662. The van der Waals surface area contributed by atoms with E-state index in [2.05, 4.69) is 17.8 Å². The first-order chi connectivity index (χ1) is 9.04. The van der Waals surface area contributed by atoms with Crippen molar-refractivity contribution in [3.8, 4) is 12.3 Å². The molecule has 1 rings (SSSR count). The zero-order valence-electron chi connectivity index (χ0n) is 10.9. The number of ether oxygens (including phenoxy) is 1. The van der Waals surface area contributed by atoms with E-state index in [1.165, 1.54) is 20.0 Å². The predicted octanol–water partition coefficient (Wildman–Crippen LogP) is 1.93. The maximum absolute atomic E-state index is 11.8. The fourth-order valence-electron chi connectivity index (χ4n) is 1.73. The molecule has 0 fully saturated rings. The van der Waals surface area contributed by atoms with E-state index in [1.54, 1.807) is 18.2 Å². The van der Waals surface area contributed by atoms with Gasteiger partial charge in [-0.05, 0) is 11.6 Å². The SMILES string of the molecule is C#CC(OC(C)=O)c1cccc(C(=O)NC)c1C=C. The smallest absolute Gasteiger partial charge is 0.304 e. The van der Waals surface area contributed by atoms with Crippen LogP contribution >= 0.6 is 0 Å². The molecule has 0 aliphatic rings. The Morgan fingerprint density at radius 1 is 1.53 bits per heavy atom. The van der Waals surface area contributed by atoms with Crippen LogP contribution in [0.3, 0.4) is 0 Å². The molecule has 0 bridgehead atoms. The van der Waals surface area contributed by atoms with Crippen molar-refractivity contribution in [1.82, 2.24) is 5.32 Å². The van der Waals surface area contributed by atoms with Gasteiger partial charge < -0.3 is 10.1 Å². The molecule has 0 saturated heterocycles. The summed E-state index contributed by atoms with van der Waals surface area (Å²) in [5.41, 5.74) is 1.56. The van der Waals surface area contributed by atoms with Crippen molar-refractivity contribution in [1.29, 1.82) is 0 Å². The fraction of sp³-hybridized carbons (Fsp3) is 0.200. The second kappa shape index (κ2) is 6.41. The summed E-state index contributed by atoms with van der Waals surface area (Å²) >= 11 is 0. The van der Waals surface area contributed by atoms with Gasteiger partial charge >= 0.3 is 5.97 Å². The number of carbonyl (C=O) groups excluding carboxylic acids is 2. The Morgan fingerprint density at radius 3 is 2.68 bits per heavy atom. The number of nitrogens with one attached hydrogen (secondary N) is 1. The molecule has 1 aromatic carbocycles. The van der Waals surface area contributed by atoms with Crippen LogP contribution < -0.4 is 5.32 Å². The number of rotatable bonds is 4. The molecule has 4 heteroatoms. The van der Waals surface area contributed by atoms with Crippen molar-refractivity contribution in [2.24, 2.45) is 0 Å². The maximum Gasteiger partial charge on any atom is 0.304 e. The largest absolute Gasteiger partial charge is 0.444 e. The minimum absolute atomic E-state index is 0.254. The van der Waals surface area contributed by atoms with Gasteiger partial charge in [0.15, 0.2) is 6.10 Å². The van der Waals surface area contributed by atoms with E-state index >= 15 is 0 Å². The Balaban J connectivity index is 3.35. The average molecular weight is 257 g/mol. The molecular weight excluding hydrogens is 242 g/mol. The van der Waals surface area contributed by atoms with E-state index in [1.807, 2.05) is 0 Å². The van der Waals surface area contributed by atoms with Crippen LogP contribution in [0.5, 0.6) is 0 Å². The van der Waals surface area contributed by atoms with Gasteiger partial charge in [-0.15, -0.1) is 6.42 Å². The van der Waals surface area contributed by atoms with Crippen molar-refractivity contribution in [3.05, 3.63) is 41.5 Å². The van der Waals surface area contributed by atoms with E-state index in [9.17, 15) is 9.59 Å². The Kier molecular flexibility index (Phi) is 4.90. The molecule has 1 unspecified atom stereocenters. The topological polar surface area (TPSA) is 55.4 Å². The third kappa shape index (κ3) is 3.23. The van der Waals surface area contributed by atoms with Crippen LogP contribution in [0.2, 0.25) is 0 Å². The zero-order chi connectivity index (χ0) is 14.4. The molecule has 0 aromatic heterocycles. The van der Waals surface area contributed by atoms with Crippen LogP contribution in [-0.2, 0) is 9.53 Å². The second-order valence-electron chi connectivity index (χ2n) is 3.75. The standard InChI is InChI=1S/C15H15NO3/c1-5-11-12(14(6-2)19-10(3)17)8-7-9-13(11)15(18)16-4/h2,5,7-9,14H,1H2,3-4H3,(H,16,18). The van der Waals surface area contributed by atoms with Crippen molar-refractivity contribution in [3.63, 3.8) is 0 Å². The predicted molar refractivity (Wildman–Crippen MR) is 73.3 cm³/mol. The summed E-state index contributed by atoms with van der Waals surface area (Å²) in [6.07, 6.45) is 6.06. The summed E-state index contributed by atoms with van der Waals surface area (Å²) in [6.45, 7) is 4.95. The Morgan fingerprint density at radius 2 is 2.21 bits per heavy atom. The monoisotopic (exact) mass is 257 g/mol. The lowest BCUT2D eigenvalue weighted by Gasteiger charge is -2.16. The first-order valence-electron chi connectivity index (χ1n) is 5.66. The third-order valence-electron chi connectivity index (χ3n) is 2.53. The zero-order valence-corrected chi connectivity index (χ0v) is 10.9. The highest BCUT2D eigenvalue weighted by Crippen LogP contribution is 2.25. The molecule has 0 spiro atoms. The summed E-state index contributed by atoms with van der Waals surface area (Å²) in [7, 11) is 1.53. The highest BCUT2D eigenvalue weighted by molar-refractivity contribution is 5.98. The third-order valence-corrected chi connectivity index (χ3v) is 2.53. The Labute approximate surface area is 112 Å². The molecule has 4 nitrogen and oxygen atoms in total. The number of terminal acetylenes is 1. The first-order valence-corrected chi connectivity index (χ1v) is 5.66. The fourth-order valence-corrected chi connectivity index (χ4v) is 1.73. The lowest BCUT2D eigenvalue weighted by Crippen LogP contribution is -2.20. The molecule has 1 amide bonds. The van der Waals surface area contributed by atoms with Gasteiger partial charge in [0.1, 0.15) is 0 Å². The van der Waals surface area contributed by atoms with Crippen LogP contribution in [0.15, 0.2) is 24.8 Å². The van der Waals surface area contributed by atoms with Gasteiger partial charge in [0.2, 0.25) is 0 Å². The summed E-state index contributed by atoms with van der Waals surface area (Å²) in [4.78, 5) is 22.8. The number of esters is 1. The second-order valence-corrected chi connectivity index (χ2v) is 3.75. The molecular formula is C15H15NO3. The highest BCUT2D eigenvalue weighted by Gasteiger charge is 2.19. The van der Waals surface area contributed by atoms with Crippen LogP contribution in [0, 0.1) is 12.3 Å². The van der Waals surface area contributed by atoms with E-state index in [4.69, 9.17) is 11.2 Å². The number of benzene rings is 1. The maximum atomic E-state index is 11.8. The molecule has 0 saturated carbocycles. The van der Waals surface area contributed by atoms with Crippen molar-refractivity contribution >= 4 is 18.0 Å². The van der Waals surface area contributed by atoms with Gasteiger partial charge in [-0.1, -0.05) is 30.7 Å². The molecule has 0 radical (unpaired) electrons. The lowest BCUT2D eigenvalue weighted by molar-refractivity contribution is -0.144. The summed E-state index contributed by atoms with van der Waals surface area (Å²) in [6, 6.07) is 5.04. The lowest BCUT2D eigenvalue weighted by atomic mass is 9.96. The van der Waals surface area contributed by atoms with Crippen molar-refractivity contribution in [2.45, 2.75) is 13.0 Å². The van der Waals surface area contributed by atoms with Crippen molar-refractivity contribution < 1.29 is 14.3 Å². The minimum atomic E-state index is -0.838. The Bertz CT molecular complexity index is 555. The van der Waals surface area contributed by atoms with E-state index in [0.717, 1.165) is 0 Å². The van der Waals surface area contributed by atoms with E-state index in [0.29, 0.717) is 16.7 Å². The van der Waals surface area contributed by atoms with Gasteiger partial charge in [-0.2, -0.15) is 0 Å². The number of carbonyl (C=O) groups is 2. The molecule has 0 aliphatic carbocycles. The summed E-state index contributed by atoms with van der Waals surface area (Å²) in [5, 5.41) is 2.53. The molecule has 0 aliphatic heterocycles. The van der Waals surface area contributed by atoms with Gasteiger partial charge in [-0.3, -0.25) is 9.59 Å². The minimum Gasteiger partial charge on any atom is -0.444 e. The normalized spacial score (nSPS) is 11.0. The van der Waals surface area contributed by atoms with Crippen LogP contribution in [-0.4, -0.2) is 18.9 Å². The van der Waals surface area contributed by atoms with Crippen molar-refractivity contribution in [2.75, 3.05) is 7.05 Å². The molecule has 19 heavy (non-hydrogen) atoms. The molecule has 1 N–H and O–H groups in total. The summed E-state index contributed by atoms with van der Waals surface area (Å²) < 4.78 is 5.04. The highest BCUT2D eigenvalue weighted by atomic mass is 16.5. The van der Waals surface area contributed by atoms with Crippen LogP contribution in [0.4, 0.5) is 0 Å². The molecule has 1 atom stereocenters. The average Bonchev–Trinajstić information content (AvgIpc) is 2.42. The van der Waals surface area contributed by atoms with Crippen LogP contribution in [0.1, 0.15) is 34.5 Å². The number of amides is 1. The number of hydrogen-bond acceptors (Lipinski definition) is 3. The van der Waals surface area contributed by atoms with Gasteiger partial charge in [-0.25, -0.2) is 0 Å². The van der Waals surface area contributed by atoms with Crippen LogP contribution in [0.25, 0.3) is 6.08 Å². The Hall–Kier alpha value is -2.54. The van der Waals surface area contributed by atoms with Gasteiger partial charge in [0, 0.05) is 25.1 Å². The van der Waals surface area contributed by atoms with E-state index < -0.39 is 12.1 Å². The molecule has 98 valence electrons. The first kappa shape index (κ1) is 14.5. The number of hydrogen-bond donors (Lipinski definition) is 1. The van der Waals surface area contributed by atoms with Gasteiger partial charge in [0.25, 0.3) is 5.91 Å². The van der Waals surface area contributed by atoms with E-state index in [-0.39, 0.29) is 5.91 Å². The molecule has 1 aromatic rings. The van der Waals surface area contributed by atoms with Gasteiger partial charge in [0.05, 0.1) is 0 Å².